The van der Waals surface area contributed by atoms with Crippen LogP contribution in [0.3, 0.4) is 0 Å². The number of rotatable bonds is 2. The predicted molar refractivity (Wildman–Crippen MR) is 42.0 cm³/mol. The summed E-state index contributed by atoms with van der Waals surface area (Å²) in [5, 5.41) is 0. The molecule has 64 valence electrons. The van der Waals surface area contributed by atoms with E-state index in [2.05, 4.69) is 0 Å². The van der Waals surface area contributed by atoms with Crippen molar-refractivity contribution < 1.29 is 4.79 Å². The van der Waals surface area contributed by atoms with Crippen LogP contribution >= 0.6 is 0 Å². The van der Waals surface area contributed by atoms with Gasteiger partial charge in [0, 0.05) is 19.4 Å². The van der Waals surface area contributed by atoms with Gasteiger partial charge in [-0.15, -0.1) is 0 Å². The molecule has 0 fully saturated rings. The highest BCUT2D eigenvalue weighted by atomic mass is 16.2. The summed E-state index contributed by atoms with van der Waals surface area (Å²) in [5.41, 5.74) is -1.30. The number of carbonyl (C=O) groups excluding carboxylic acids is 1. The van der Waals surface area contributed by atoms with Crippen molar-refractivity contribution >= 4 is 6.29 Å². The maximum atomic E-state index is 11.1. The van der Waals surface area contributed by atoms with Gasteiger partial charge in [-0.25, -0.2) is 0 Å². The van der Waals surface area contributed by atoms with E-state index in [9.17, 15) is 14.4 Å². The smallest absolute Gasteiger partial charge is 0.312 e. The van der Waals surface area contributed by atoms with Crippen LogP contribution in [0.5, 0.6) is 0 Å². The van der Waals surface area contributed by atoms with Crippen LogP contribution in [0.1, 0.15) is 0 Å². The largest absolute Gasteiger partial charge is 0.316 e. The minimum atomic E-state index is -0.674. The molecule has 0 atom stereocenters. The van der Waals surface area contributed by atoms with Gasteiger partial charge in [0.2, 0.25) is 0 Å². The Balaban J connectivity index is 3.37. The maximum Gasteiger partial charge on any atom is 0.316 e. The molecule has 1 aromatic heterocycles. The highest BCUT2D eigenvalue weighted by Crippen LogP contribution is 1.74. The van der Waals surface area contributed by atoms with Gasteiger partial charge in [0.25, 0.3) is 0 Å². The van der Waals surface area contributed by atoms with E-state index in [1.54, 1.807) is 0 Å². The van der Waals surface area contributed by atoms with Gasteiger partial charge in [-0.3, -0.25) is 9.59 Å². The van der Waals surface area contributed by atoms with Crippen LogP contribution in [0.2, 0.25) is 0 Å². The Bertz CT molecular complexity index is 402. The Kier molecular flexibility index (Phi) is 2.23. The lowest BCUT2D eigenvalue weighted by Crippen LogP contribution is -2.39. The monoisotopic (exact) mass is 168 g/mol. The zero-order valence-corrected chi connectivity index (χ0v) is 6.56. The standard InChI is InChI=1S/C7H8N2O3/c1-8-2-3-9(4-5-10)7(12)6(8)11/h2-3,5H,4H2,1H3. The highest BCUT2D eigenvalue weighted by Gasteiger charge is 1.99. The molecule has 0 aliphatic rings. The van der Waals surface area contributed by atoms with Crippen LogP contribution in [0.25, 0.3) is 0 Å². The van der Waals surface area contributed by atoms with Crippen LogP contribution in [-0.4, -0.2) is 15.4 Å². The number of aryl methyl sites for hydroxylation is 1. The first-order valence-electron chi connectivity index (χ1n) is 3.36. The fraction of sp³-hybridized carbons (Fsp3) is 0.286. The lowest BCUT2D eigenvalue weighted by Gasteiger charge is -1.99. The molecule has 1 rings (SSSR count). The Morgan fingerprint density at radius 1 is 1.33 bits per heavy atom. The molecule has 12 heavy (non-hydrogen) atoms. The zero-order valence-electron chi connectivity index (χ0n) is 6.56. The van der Waals surface area contributed by atoms with Crippen LogP contribution in [0.15, 0.2) is 22.0 Å². The molecule has 5 nitrogen and oxygen atoms in total. The Hall–Kier alpha value is -1.65. The van der Waals surface area contributed by atoms with E-state index < -0.39 is 11.1 Å². The Labute approximate surface area is 67.9 Å². The van der Waals surface area contributed by atoms with E-state index in [1.165, 1.54) is 24.0 Å². The molecule has 0 saturated heterocycles. The SMILES string of the molecule is Cn1ccn(CC=O)c(=O)c1=O. The summed E-state index contributed by atoms with van der Waals surface area (Å²) in [5.74, 6) is 0. The fourth-order valence-corrected chi connectivity index (χ4v) is 0.814. The zero-order chi connectivity index (χ0) is 9.14. The molecule has 0 aliphatic carbocycles. The van der Waals surface area contributed by atoms with E-state index >= 15 is 0 Å². The third kappa shape index (κ3) is 1.34. The fourth-order valence-electron chi connectivity index (χ4n) is 0.814. The lowest BCUT2D eigenvalue weighted by molar-refractivity contribution is -0.108. The van der Waals surface area contributed by atoms with Crippen molar-refractivity contribution in [2.45, 2.75) is 6.54 Å². The normalized spacial score (nSPS) is 9.75. The first-order chi connectivity index (χ1) is 5.66. The molecule has 5 heteroatoms. The van der Waals surface area contributed by atoms with Gasteiger partial charge >= 0.3 is 11.1 Å². The molecule has 0 unspecified atom stereocenters. The topological polar surface area (TPSA) is 61.1 Å². The number of aromatic nitrogens is 2. The molecule has 0 aromatic carbocycles. The second-order valence-corrected chi connectivity index (χ2v) is 2.34. The number of hydrogen-bond acceptors (Lipinski definition) is 3. The molecule has 0 amide bonds. The average Bonchev–Trinajstić information content (AvgIpc) is 2.07. The molecule has 0 N–H and O–H groups in total. The summed E-state index contributed by atoms with van der Waals surface area (Å²) >= 11 is 0. The van der Waals surface area contributed by atoms with Gasteiger partial charge in [-0.1, -0.05) is 0 Å². The van der Waals surface area contributed by atoms with E-state index in [0.29, 0.717) is 6.29 Å². The van der Waals surface area contributed by atoms with Crippen molar-refractivity contribution in [3.63, 3.8) is 0 Å². The molecule has 1 heterocycles. The summed E-state index contributed by atoms with van der Waals surface area (Å²) in [4.78, 5) is 32.1. The summed E-state index contributed by atoms with van der Waals surface area (Å²) < 4.78 is 2.24. The van der Waals surface area contributed by atoms with Crippen LogP contribution in [0.4, 0.5) is 0 Å². The summed E-state index contributed by atoms with van der Waals surface area (Å²) in [6, 6.07) is 0. The average molecular weight is 168 g/mol. The van der Waals surface area contributed by atoms with Gasteiger partial charge in [0.05, 0.1) is 6.54 Å². The molecule has 0 spiro atoms. The second kappa shape index (κ2) is 3.17. The second-order valence-electron chi connectivity index (χ2n) is 2.34. The maximum absolute atomic E-state index is 11.1. The van der Waals surface area contributed by atoms with E-state index in [0.717, 1.165) is 4.57 Å². The third-order valence-electron chi connectivity index (χ3n) is 1.51. The van der Waals surface area contributed by atoms with Crippen LogP contribution in [-0.2, 0) is 18.4 Å². The highest BCUT2D eigenvalue weighted by molar-refractivity contribution is 5.48. The first-order valence-corrected chi connectivity index (χ1v) is 3.36. The Morgan fingerprint density at radius 3 is 2.58 bits per heavy atom. The van der Waals surface area contributed by atoms with E-state index in [4.69, 9.17) is 0 Å². The molecule has 0 bridgehead atoms. The molecular formula is C7H8N2O3. The summed E-state index contributed by atoms with van der Waals surface area (Å²) in [7, 11) is 1.48. The first kappa shape index (κ1) is 8.45. The molecule has 0 aliphatic heterocycles. The van der Waals surface area contributed by atoms with E-state index in [-0.39, 0.29) is 6.54 Å². The summed E-state index contributed by atoms with van der Waals surface area (Å²) in [6.45, 7) is -0.0745. The number of aldehydes is 1. The van der Waals surface area contributed by atoms with Crippen molar-refractivity contribution in [3.8, 4) is 0 Å². The van der Waals surface area contributed by atoms with Gasteiger partial charge in [-0.2, -0.15) is 0 Å². The van der Waals surface area contributed by atoms with Crippen LogP contribution in [0, 0.1) is 0 Å². The molecule has 1 aromatic rings. The quantitative estimate of drug-likeness (QED) is 0.409. The van der Waals surface area contributed by atoms with Crippen LogP contribution < -0.4 is 11.1 Å². The van der Waals surface area contributed by atoms with Gasteiger partial charge in [0.15, 0.2) is 0 Å². The van der Waals surface area contributed by atoms with E-state index in [1.807, 2.05) is 0 Å². The predicted octanol–water partition coefficient (Wildman–Crippen LogP) is -1.25. The number of hydrogen-bond donors (Lipinski definition) is 0. The van der Waals surface area contributed by atoms with Crippen molar-refractivity contribution in [1.82, 2.24) is 9.13 Å². The molecule has 0 saturated carbocycles. The minimum Gasteiger partial charge on any atom is -0.312 e. The van der Waals surface area contributed by atoms with Gasteiger partial charge in [0.1, 0.15) is 6.29 Å². The number of nitrogens with zero attached hydrogens (tertiary/aromatic N) is 2. The minimum absolute atomic E-state index is 0.0745. The van der Waals surface area contributed by atoms with Crippen molar-refractivity contribution in [2.75, 3.05) is 0 Å². The molecule has 0 radical (unpaired) electrons. The summed E-state index contributed by atoms with van der Waals surface area (Å²) in [6.07, 6.45) is 3.41. The number of carbonyl (C=O) groups is 1. The molecular weight excluding hydrogens is 160 g/mol. The Morgan fingerprint density at radius 2 is 2.00 bits per heavy atom. The van der Waals surface area contributed by atoms with Gasteiger partial charge < -0.3 is 13.9 Å². The van der Waals surface area contributed by atoms with Crippen molar-refractivity contribution in [1.29, 1.82) is 0 Å². The van der Waals surface area contributed by atoms with Crippen molar-refractivity contribution in [3.05, 3.63) is 33.1 Å². The lowest BCUT2D eigenvalue weighted by atomic mass is 10.6. The van der Waals surface area contributed by atoms with Gasteiger partial charge in [-0.05, 0) is 0 Å². The third-order valence-corrected chi connectivity index (χ3v) is 1.51. The van der Waals surface area contributed by atoms with Crippen molar-refractivity contribution in [2.24, 2.45) is 7.05 Å².